The molecule has 2 N–H and O–H groups in total. The number of aromatic carboxylic acids is 1. The molecular formula is C13H13N5O3. The fourth-order valence-corrected chi connectivity index (χ4v) is 2.17. The number of carbonyl (C=O) groups excluding carboxylic acids is 1. The number of imidazole rings is 1. The Morgan fingerprint density at radius 3 is 2.95 bits per heavy atom. The van der Waals surface area contributed by atoms with E-state index < -0.39 is 5.97 Å². The molecule has 21 heavy (non-hydrogen) atoms. The van der Waals surface area contributed by atoms with E-state index in [2.05, 4.69) is 15.3 Å². The number of fused-ring (bicyclic) bond motifs is 1. The second kappa shape index (κ2) is 5.23. The number of anilines is 1. The highest BCUT2D eigenvalue weighted by atomic mass is 16.4. The SMILES string of the molecule is O=C(O)c1cncc(NC(=O)N2CCn3ccnc3C2)c1. The second-order valence-electron chi connectivity index (χ2n) is 4.66. The molecule has 0 unspecified atom stereocenters. The summed E-state index contributed by atoms with van der Waals surface area (Å²) < 4.78 is 2.00. The van der Waals surface area contributed by atoms with Crippen molar-refractivity contribution < 1.29 is 14.7 Å². The number of amides is 2. The number of pyridine rings is 1. The van der Waals surface area contributed by atoms with Gasteiger partial charge in [-0.05, 0) is 6.07 Å². The zero-order valence-corrected chi connectivity index (χ0v) is 11.1. The van der Waals surface area contributed by atoms with Crippen LogP contribution in [-0.4, -0.2) is 43.1 Å². The lowest BCUT2D eigenvalue weighted by molar-refractivity contribution is 0.0696. The van der Waals surface area contributed by atoms with E-state index >= 15 is 0 Å². The second-order valence-corrected chi connectivity index (χ2v) is 4.66. The minimum atomic E-state index is -1.08. The molecule has 108 valence electrons. The van der Waals surface area contributed by atoms with E-state index in [1.54, 1.807) is 11.1 Å². The van der Waals surface area contributed by atoms with Gasteiger partial charge in [0.1, 0.15) is 5.82 Å². The Labute approximate surface area is 120 Å². The summed E-state index contributed by atoms with van der Waals surface area (Å²) in [5, 5.41) is 11.6. The molecule has 2 aromatic heterocycles. The van der Waals surface area contributed by atoms with E-state index in [0.717, 1.165) is 5.82 Å². The van der Waals surface area contributed by atoms with Crippen LogP contribution in [0.5, 0.6) is 0 Å². The van der Waals surface area contributed by atoms with Gasteiger partial charge in [0.15, 0.2) is 0 Å². The minimum Gasteiger partial charge on any atom is -0.478 e. The van der Waals surface area contributed by atoms with Crippen molar-refractivity contribution in [3.8, 4) is 0 Å². The molecule has 0 saturated heterocycles. The maximum atomic E-state index is 12.2. The third kappa shape index (κ3) is 2.69. The minimum absolute atomic E-state index is 0.0296. The van der Waals surface area contributed by atoms with Crippen molar-refractivity contribution in [2.24, 2.45) is 0 Å². The molecular weight excluding hydrogens is 274 g/mol. The molecule has 0 atom stereocenters. The highest BCUT2D eigenvalue weighted by Crippen LogP contribution is 2.13. The molecule has 0 radical (unpaired) electrons. The van der Waals surface area contributed by atoms with Crippen LogP contribution in [0.25, 0.3) is 0 Å². The van der Waals surface area contributed by atoms with E-state index in [9.17, 15) is 9.59 Å². The van der Waals surface area contributed by atoms with Crippen LogP contribution in [0.4, 0.5) is 10.5 Å². The number of aromatic nitrogens is 3. The van der Waals surface area contributed by atoms with Gasteiger partial charge in [0.2, 0.25) is 0 Å². The number of nitrogens with zero attached hydrogens (tertiary/aromatic N) is 4. The quantitative estimate of drug-likeness (QED) is 0.859. The summed E-state index contributed by atoms with van der Waals surface area (Å²) in [5.41, 5.74) is 0.385. The Kier molecular flexibility index (Phi) is 3.27. The first-order valence-corrected chi connectivity index (χ1v) is 6.38. The summed E-state index contributed by atoms with van der Waals surface area (Å²) in [6.45, 7) is 1.68. The number of carbonyl (C=O) groups is 2. The van der Waals surface area contributed by atoms with E-state index in [4.69, 9.17) is 5.11 Å². The Balaban J connectivity index is 1.70. The van der Waals surface area contributed by atoms with Gasteiger partial charge in [0.05, 0.1) is 24.0 Å². The summed E-state index contributed by atoms with van der Waals surface area (Å²) in [5.74, 6) is -0.257. The van der Waals surface area contributed by atoms with Gasteiger partial charge >= 0.3 is 12.0 Å². The van der Waals surface area contributed by atoms with E-state index in [-0.39, 0.29) is 11.6 Å². The molecule has 0 aliphatic carbocycles. The van der Waals surface area contributed by atoms with Gasteiger partial charge in [-0.2, -0.15) is 0 Å². The maximum Gasteiger partial charge on any atom is 0.337 e. The van der Waals surface area contributed by atoms with Crippen LogP contribution >= 0.6 is 0 Å². The molecule has 2 aromatic rings. The number of carboxylic acids is 1. The lowest BCUT2D eigenvalue weighted by Crippen LogP contribution is -2.40. The van der Waals surface area contributed by atoms with Crippen molar-refractivity contribution in [1.82, 2.24) is 19.4 Å². The number of rotatable bonds is 2. The van der Waals surface area contributed by atoms with Gasteiger partial charge in [-0.1, -0.05) is 0 Å². The lowest BCUT2D eigenvalue weighted by atomic mass is 10.2. The first-order valence-electron chi connectivity index (χ1n) is 6.38. The first-order chi connectivity index (χ1) is 10.1. The smallest absolute Gasteiger partial charge is 0.337 e. The fourth-order valence-electron chi connectivity index (χ4n) is 2.17. The van der Waals surface area contributed by atoms with Gasteiger partial charge in [-0.25, -0.2) is 14.6 Å². The summed E-state index contributed by atoms with van der Waals surface area (Å²) in [6.07, 6.45) is 6.23. The number of hydrogen-bond acceptors (Lipinski definition) is 4. The highest BCUT2D eigenvalue weighted by molar-refractivity contribution is 5.92. The zero-order chi connectivity index (χ0) is 14.8. The van der Waals surface area contributed by atoms with Crippen LogP contribution in [0.1, 0.15) is 16.2 Å². The molecule has 8 heteroatoms. The summed E-state index contributed by atoms with van der Waals surface area (Å²) >= 11 is 0. The van der Waals surface area contributed by atoms with Crippen molar-refractivity contribution in [2.75, 3.05) is 11.9 Å². The molecule has 1 aliphatic rings. The number of carboxylic acid groups (broad SMARTS) is 1. The van der Waals surface area contributed by atoms with Crippen molar-refractivity contribution in [3.63, 3.8) is 0 Å². The van der Waals surface area contributed by atoms with Crippen molar-refractivity contribution >= 4 is 17.7 Å². The van der Waals surface area contributed by atoms with E-state index in [1.807, 2.05) is 10.8 Å². The van der Waals surface area contributed by atoms with Gasteiger partial charge in [-0.3, -0.25) is 4.98 Å². The van der Waals surface area contributed by atoms with Crippen LogP contribution < -0.4 is 5.32 Å². The molecule has 2 amide bonds. The van der Waals surface area contributed by atoms with Crippen molar-refractivity contribution in [2.45, 2.75) is 13.1 Å². The normalized spacial score (nSPS) is 13.6. The summed E-state index contributed by atoms with van der Waals surface area (Å²) in [6, 6.07) is 1.08. The molecule has 0 spiro atoms. The van der Waals surface area contributed by atoms with E-state index in [1.165, 1.54) is 18.5 Å². The highest BCUT2D eigenvalue weighted by Gasteiger charge is 2.21. The van der Waals surface area contributed by atoms with Crippen molar-refractivity contribution in [3.05, 3.63) is 42.2 Å². The Morgan fingerprint density at radius 1 is 1.29 bits per heavy atom. The summed E-state index contributed by atoms with van der Waals surface area (Å²) in [7, 11) is 0. The standard InChI is InChI=1S/C13H13N5O3/c19-12(20)9-5-10(7-14-6-9)16-13(21)18-4-3-17-2-1-15-11(17)8-18/h1-2,5-7H,3-4,8H2,(H,16,21)(H,19,20). The Bertz CT molecular complexity index is 697. The molecule has 0 bridgehead atoms. The molecule has 0 aromatic carbocycles. The molecule has 8 nitrogen and oxygen atoms in total. The molecule has 3 rings (SSSR count). The summed E-state index contributed by atoms with van der Waals surface area (Å²) in [4.78, 5) is 32.7. The maximum absolute atomic E-state index is 12.2. The number of nitrogens with one attached hydrogen (secondary N) is 1. The average molecular weight is 287 g/mol. The molecule has 0 fully saturated rings. The van der Waals surface area contributed by atoms with Crippen LogP contribution in [0, 0.1) is 0 Å². The topological polar surface area (TPSA) is 100 Å². The monoisotopic (exact) mass is 287 g/mol. The zero-order valence-electron chi connectivity index (χ0n) is 11.1. The van der Waals surface area contributed by atoms with Crippen LogP contribution in [-0.2, 0) is 13.1 Å². The average Bonchev–Trinajstić information content (AvgIpc) is 2.94. The van der Waals surface area contributed by atoms with Crippen LogP contribution in [0.15, 0.2) is 30.9 Å². The van der Waals surface area contributed by atoms with Crippen molar-refractivity contribution in [1.29, 1.82) is 0 Å². The van der Waals surface area contributed by atoms with Crippen LogP contribution in [0.2, 0.25) is 0 Å². The van der Waals surface area contributed by atoms with Gasteiger partial charge in [-0.15, -0.1) is 0 Å². The number of urea groups is 1. The lowest BCUT2D eigenvalue weighted by Gasteiger charge is -2.27. The van der Waals surface area contributed by atoms with E-state index in [0.29, 0.717) is 25.3 Å². The number of hydrogen-bond donors (Lipinski definition) is 2. The van der Waals surface area contributed by atoms with Gasteiger partial charge < -0.3 is 19.9 Å². The first kappa shape index (κ1) is 13.1. The largest absolute Gasteiger partial charge is 0.478 e. The van der Waals surface area contributed by atoms with Gasteiger partial charge in [0.25, 0.3) is 0 Å². The molecule has 1 aliphatic heterocycles. The predicted molar refractivity (Wildman–Crippen MR) is 72.9 cm³/mol. The Morgan fingerprint density at radius 2 is 2.14 bits per heavy atom. The molecule has 0 saturated carbocycles. The van der Waals surface area contributed by atoms with Crippen LogP contribution in [0.3, 0.4) is 0 Å². The third-order valence-electron chi connectivity index (χ3n) is 3.27. The Hall–Kier alpha value is -2.90. The fraction of sp³-hybridized carbons (Fsp3) is 0.231. The predicted octanol–water partition coefficient (Wildman–Crippen LogP) is 1.02. The molecule has 3 heterocycles. The van der Waals surface area contributed by atoms with Gasteiger partial charge in [0, 0.05) is 31.7 Å². The third-order valence-corrected chi connectivity index (χ3v) is 3.27.